The lowest BCUT2D eigenvalue weighted by Gasteiger charge is -2.13. The minimum atomic E-state index is -1.11. The molecule has 1 aliphatic heterocycles. The maximum Gasteiger partial charge on any atom is 0.338 e. The molecule has 0 aromatic carbocycles. The fourth-order valence-corrected chi connectivity index (χ4v) is 0.652. The van der Waals surface area contributed by atoms with E-state index in [1.807, 2.05) is 0 Å². The fraction of sp³-hybridized carbons (Fsp3) is 0.800. The number of carbonyl (C=O) groups excluding carboxylic acids is 1. The van der Waals surface area contributed by atoms with E-state index < -0.39 is 12.1 Å². The van der Waals surface area contributed by atoms with Crippen molar-refractivity contribution in [1.82, 2.24) is 0 Å². The number of hydrogen-bond acceptors (Lipinski definition) is 2. The van der Waals surface area contributed by atoms with E-state index >= 15 is 0 Å². The molecule has 0 spiro atoms. The third kappa shape index (κ3) is 0.980. The zero-order valence-corrected chi connectivity index (χ0v) is 4.42. The Morgan fingerprint density at radius 3 is 2.75 bits per heavy atom. The van der Waals surface area contributed by atoms with Gasteiger partial charge in [0, 0.05) is 0 Å². The van der Waals surface area contributed by atoms with Gasteiger partial charge in [-0.25, -0.2) is 9.90 Å². The second-order valence-corrected chi connectivity index (χ2v) is 1.80. The molecule has 1 atom stereocenters. The smallest absolute Gasteiger partial charge is 0.338 e. The molecular weight excluding hydrogens is 108 g/mol. The van der Waals surface area contributed by atoms with E-state index in [1.165, 1.54) is 0 Å². The van der Waals surface area contributed by atoms with Crippen molar-refractivity contribution in [1.29, 1.82) is 0 Å². The molecule has 3 nitrogen and oxygen atoms in total. The summed E-state index contributed by atoms with van der Waals surface area (Å²) in [6, 6.07) is 0. The minimum absolute atomic E-state index is 0.428. The van der Waals surface area contributed by atoms with E-state index in [9.17, 15) is 9.90 Å². The number of carbonyl (C=O) groups is 1. The van der Waals surface area contributed by atoms with E-state index in [0.29, 0.717) is 13.0 Å². The van der Waals surface area contributed by atoms with Gasteiger partial charge >= 0.3 is 5.97 Å². The molecule has 1 saturated heterocycles. The van der Waals surface area contributed by atoms with Crippen LogP contribution in [0.5, 0.6) is 0 Å². The second kappa shape index (κ2) is 2.13. The van der Waals surface area contributed by atoms with Gasteiger partial charge in [-0.3, -0.25) is 0 Å². The maximum atomic E-state index is 10.4. The lowest BCUT2D eigenvalue weighted by Crippen LogP contribution is -2.27. The molecule has 1 unspecified atom stereocenters. The molecule has 1 radical (unpaired) electrons. The summed E-state index contributed by atoms with van der Waals surface area (Å²) in [7, 11) is 0. The first-order valence-corrected chi connectivity index (χ1v) is 2.63. The standard InChI is InChI=1S/C5H7O3/c6-4-2-1-3-8-5(4)7/h4H,1-3H2. The Balaban J connectivity index is 2.39. The van der Waals surface area contributed by atoms with Crippen molar-refractivity contribution in [2.24, 2.45) is 0 Å². The third-order valence-corrected chi connectivity index (χ3v) is 1.12. The fourth-order valence-electron chi connectivity index (χ4n) is 0.652. The van der Waals surface area contributed by atoms with Gasteiger partial charge in [-0.15, -0.1) is 0 Å². The SMILES string of the molecule is [O]C1CCCOC1=O. The summed E-state index contributed by atoms with van der Waals surface area (Å²) >= 11 is 0. The van der Waals surface area contributed by atoms with Crippen molar-refractivity contribution < 1.29 is 14.6 Å². The first-order valence-electron chi connectivity index (χ1n) is 2.63. The van der Waals surface area contributed by atoms with Gasteiger partial charge in [-0.2, -0.15) is 0 Å². The highest BCUT2D eigenvalue weighted by Crippen LogP contribution is 2.06. The highest BCUT2D eigenvalue weighted by molar-refractivity contribution is 5.74. The van der Waals surface area contributed by atoms with Gasteiger partial charge < -0.3 is 4.74 Å². The predicted molar refractivity (Wildman–Crippen MR) is 24.7 cm³/mol. The molecule has 1 aliphatic rings. The van der Waals surface area contributed by atoms with Crippen molar-refractivity contribution in [3.8, 4) is 0 Å². The monoisotopic (exact) mass is 115 g/mol. The van der Waals surface area contributed by atoms with Crippen LogP contribution in [0.15, 0.2) is 0 Å². The predicted octanol–water partition coefficient (Wildman–Crippen LogP) is 0.123. The maximum absolute atomic E-state index is 10.4. The molecular formula is C5H7O3. The Morgan fingerprint density at radius 1 is 1.62 bits per heavy atom. The largest absolute Gasteiger partial charge is 0.464 e. The molecule has 0 saturated carbocycles. The van der Waals surface area contributed by atoms with Crippen molar-refractivity contribution in [2.75, 3.05) is 6.61 Å². The van der Waals surface area contributed by atoms with Crippen molar-refractivity contribution in [3.63, 3.8) is 0 Å². The Labute approximate surface area is 47.3 Å². The zero-order chi connectivity index (χ0) is 5.98. The van der Waals surface area contributed by atoms with Gasteiger partial charge in [-0.1, -0.05) is 0 Å². The highest BCUT2D eigenvalue weighted by atomic mass is 16.5. The lowest BCUT2D eigenvalue weighted by molar-refractivity contribution is -0.163. The topological polar surface area (TPSA) is 46.2 Å². The minimum Gasteiger partial charge on any atom is -0.464 e. The van der Waals surface area contributed by atoms with Crippen LogP contribution in [0, 0.1) is 0 Å². The quantitative estimate of drug-likeness (QED) is 0.421. The van der Waals surface area contributed by atoms with Crippen LogP contribution in [0.25, 0.3) is 0 Å². The zero-order valence-electron chi connectivity index (χ0n) is 4.42. The first-order chi connectivity index (χ1) is 3.80. The lowest BCUT2D eigenvalue weighted by atomic mass is 10.2. The molecule has 1 rings (SSSR count). The average molecular weight is 115 g/mol. The van der Waals surface area contributed by atoms with E-state index in [2.05, 4.69) is 4.74 Å². The van der Waals surface area contributed by atoms with E-state index in [1.54, 1.807) is 0 Å². The third-order valence-electron chi connectivity index (χ3n) is 1.12. The van der Waals surface area contributed by atoms with Crippen LogP contribution in [0.4, 0.5) is 0 Å². The average Bonchev–Trinajstić information content (AvgIpc) is 1.77. The second-order valence-electron chi connectivity index (χ2n) is 1.80. The van der Waals surface area contributed by atoms with Crippen LogP contribution >= 0.6 is 0 Å². The van der Waals surface area contributed by atoms with E-state index in [4.69, 9.17) is 0 Å². The number of cyclic esters (lactones) is 1. The molecule has 0 N–H and O–H groups in total. The summed E-state index contributed by atoms with van der Waals surface area (Å²) in [5.74, 6) is -0.587. The highest BCUT2D eigenvalue weighted by Gasteiger charge is 2.21. The van der Waals surface area contributed by atoms with Crippen LogP contribution < -0.4 is 0 Å². The van der Waals surface area contributed by atoms with Crippen LogP contribution in [0.3, 0.4) is 0 Å². The molecule has 1 fully saturated rings. The molecule has 0 bridgehead atoms. The summed E-state index contributed by atoms with van der Waals surface area (Å²) in [6.45, 7) is 0.428. The van der Waals surface area contributed by atoms with Gasteiger partial charge in [0.05, 0.1) is 6.61 Å². The molecule has 8 heavy (non-hydrogen) atoms. The van der Waals surface area contributed by atoms with Gasteiger partial charge in [0.25, 0.3) is 0 Å². The van der Waals surface area contributed by atoms with Gasteiger partial charge in [0.1, 0.15) is 0 Å². The van der Waals surface area contributed by atoms with Crippen LogP contribution in [0.1, 0.15) is 12.8 Å². The van der Waals surface area contributed by atoms with E-state index in [0.717, 1.165) is 6.42 Å². The number of rotatable bonds is 0. The molecule has 1 heterocycles. The van der Waals surface area contributed by atoms with Crippen LogP contribution in [-0.4, -0.2) is 18.7 Å². The summed E-state index contributed by atoms with van der Waals surface area (Å²) in [5, 5.41) is 10.4. The molecule has 0 aromatic rings. The van der Waals surface area contributed by atoms with Crippen molar-refractivity contribution in [2.45, 2.75) is 18.9 Å². The summed E-state index contributed by atoms with van der Waals surface area (Å²) in [4.78, 5) is 10.3. The molecule has 0 aromatic heterocycles. The first kappa shape index (κ1) is 5.56. The van der Waals surface area contributed by atoms with Crippen LogP contribution in [-0.2, 0) is 14.6 Å². The van der Waals surface area contributed by atoms with E-state index in [-0.39, 0.29) is 0 Å². The molecule has 3 heteroatoms. The number of esters is 1. The summed E-state index contributed by atoms with van der Waals surface area (Å²) in [5.41, 5.74) is 0. The number of hydrogen-bond donors (Lipinski definition) is 0. The Bertz CT molecular complexity index is 99.8. The molecule has 0 aliphatic carbocycles. The van der Waals surface area contributed by atoms with Crippen molar-refractivity contribution >= 4 is 5.97 Å². The van der Waals surface area contributed by atoms with Gasteiger partial charge in [0.15, 0.2) is 6.10 Å². The van der Waals surface area contributed by atoms with Gasteiger partial charge in [0.2, 0.25) is 0 Å². The summed E-state index contributed by atoms with van der Waals surface area (Å²) < 4.78 is 4.44. The molecule has 45 valence electrons. The Morgan fingerprint density at radius 2 is 2.38 bits per heavy atom. The Kier molecular flexibility index (Phi) is 1.48. The van der Waals surface area contributed by atoms with Crippen LogP contribution in [0.2, 0.25) is 0 Å². The Hall–Kier alpha value is -0.570. The number of ether oxygens (including phenoxy) is 1. The van der Waals surface area contributed by atoms with Crippen molar-refractivity contribution in [3.05, 3.63) is 0 Å². The van der Waals surface area contributed by atoms with Gasteiger partial charge in [-0.05, 0) is 12.8 Å². The molecule has 0 amide bonds. The normalized spacial score (nSPS) is 29.6. The summed E-state index contributed by atoms with van der Waals surface area (Å²) in [6.07, 6.45) is 0.0578.